The number of hydrogen-bond donors (Lipinski definition) is 2. The van der Waals surface area contributed by atoms with Crippen LogP contribution < -0.4 is 0 Å². The number of aliphatic hydroxyl groups is 2. The minimum Gasteiger partial charge on any atom is -0.392 e. The van der Waals surface area contributed by atoms with Crippen LogP contribution in [0.4, 0.5) is 0 Å². The second-order valence-electron chi connectivity index (χ2n) is 6.47. The average molecular weight is 286 g/mol. The van der Waals surface area contributed by atoms with E-state index in [1.807, 2.05) is 6.92 Å². The van der Waals surface area contributed by atoms with Gasteiger partial charge >= 0.3 is 0 Å². The van der Waals surface area contributed by atoms with Gasteiger partial charge < -0.3 is 10.2 Å². The molecule has 5 unspecified atom stereocenters. The van der Waals surface area contributed by atoms with Crippen LogP contribution in [0.3, 0.4) is 0 Å². The number of Topliss-reactive ketones (excluding diaryl/α,β-unsaturated/α-hetero) is 1. The highest BCUT2D eigenvalue weighted by molar-refractivity contribution is 8.00. The van der Waals surface area contributed by atoms with Gasteiger partial charge in [0.2, 0.25) is 0 Å². The van der Waals surface area contributed by atoms with Gasteiger partial charge in [-0.05, 0) is 25.7 Å². The van der Waals surface area contributed by atoms with Crippen LogP contribution in [-0.2, 0) is 4.79 Å². The summed E-state index contributed by atoms with van der Waals surface area (Å²) in [5, 5.41) is 20.5. The number of ketones is 1. The van der Waals surface area contributed by atoms with E-state index in [0.717, 1.165) is 25.7 Å². The third-order valence-electron chi connectivity index (χ3n) is 4.57. The normalized spacial score (nSPS) is 36.7. The molecule has 0 aliphatic heterocycles. The van der Waals surface area contributed by atoms with Gasteiger partial charge in [-0.1, -0.05) is 26.2 Å². The minimum absolute atomic E-state index is 0.109. The van der Waals surface area contributed by atoms with E-state index in [9.17, 15) is 15.0 Å². The number of fused-ring (bicyclic) bond motifs is 1. The first-order chi connectivity index (χ1) is 8.94. The minimum atomic E-state index is -0.647. The predicted molar refractivity (Wildman–Crippen MR) is 78.2 cm³/mol. The number of rotatable bonds is 7. The fourth-order valence-electron chi connectivity index (χ4n) is 3.27. The summed E-state index contributed by atoms with van der Waals surface area (Å²) in [6.07, 6.45) is 5.11. The molecule has 0 aromatic carbocycles. The maximum absolute atomic E-state index is 11.4. The van der Waals surface area contributed by atoms with Crippen molar-refractivity contribution in [1.29, 1.82) is 0 Å². The third-order valence-corrected chi connectivity index (χ3v) is 6.41. The zero-order valence-electron chi connectivity index (χ0n) is 12.0. The Hall–Kier alpha value is -0.0600. The molecule has 0 saturated heterocycles. The van der Waals surface area contributed by atoms with Crippen molar-refractivity contribution in [2.24, 2.45) is 11.8 Å². The molecule has 3 nitrogen and oxygen atoms in total. The summed E-state index contributed by atoms with van der Waals surface area (Å²) in [5.41, 5.74) is -0.647. The summed E-state index contributed by atoms with van der Waals surface area (Å²) >= 11 is 1.67. The van der Waals surface area contributed by atoms with Crippen molar-refractivity contribution in [3.63, 3.8) is 0 Å². The van der Waals surface area contributed by atoms with Gasteiger partial charge in [0.25, 0.3) is 0 Å². The van der Waals surface area contributed by atoms with Gasteiger partial charge in [0.15, 0.2) is 0 Å². The first kappa shape index (κ1) is 15.3. The van der Waals surface area contributed by atoms with E-state index in [-0.39, 0.29) is 17.3 Å². The van der Waals surface area contributed by atoms with Crippen LogP contribution in [0.1, 0.15) is 52.4 Å². The van der Waals surface area contributed by atoms with Crippen LogP contribution in [0.5, 0.6) is 0 Å². The van der Waals surface area contributed by atoms with Gasteiger partial charge in [0.1, 0.15) is 5.78 Å². The van der Waals surface area contributed by atoms with E-state index in [1.165, 1.54) is 0 Å². The molecule has 2 N–H and O–H groups in total. The highest BCUT2D eigenvalue weighted by Crippen LogP contribution is 2.49. The maximum atomic E-state index is 11.4. The molecule has 0 amide bonds. The summed E-state index contributed by atoms with van der Waals surface area (Å²) in [6, 6.07) is 0. The molecule has 110 valence electrons. The largest absolute Gasteiger partial charge is 0.392 e. The zero-order chi connectivity index (χ0) is 14.0. The molecule has 0 heterocycles. The molecule has 0 radical (unpaired) electrons. The molecular weight excluding hydrogens is 260 g/mol. The molecule has 2 aliphatic rings. The Morgan fingerprint density at radius 3 is 2.74 bits per heavy atom. The van der Waals surface area contributed by atoms with Gasteiger partial charge in [-0.15, -0.1) is 0 Å². The number of carbonyl (C=O) groups excluding carboxylic acids is 1. The number of unbranched alkanes of at least 4 members (excludes halogenated alkanes) is 2. The van der Waals surface area contributed by atoms with Crippen molar-refractivity contribution in [1.82, 2.24) is 0 Å². The van der Waals surface area contributed by atoms with Gasteiger partial charge in [0.05, 0.1) is 11.7 Å². The Bertz CT molecular complexity index is 329. The molecule has 0 aromatic heterocycles. The lowest BCUT2D eigenvalue weighted by Gasteiger charge is -2.33. The van der Waals surface area contributed by atoms with E-state index in [4.69, 9.17) is 0 Å². The molecule has 4 heteroatoms. The molecule has 0 aromatic rings. The lowest BCUT2D eigenvalue weighted by atomic mass is 9.75. The standard InChI is InChI=1S/C15H26O3S/c1-3-4-5-6-15(2,18)9-19-14-11-8-12(16)10(11)7-13(14)17/h10-11,13-14,17-18H,3-9H2,1-2H3. The summed E-state index contributed by atoms with van der Waals surface area (Å²) in [5.74, 6) is 1.45. The van der Waals surface area contributed by atoms with Gasteiger partial charge in [0, 0.05) is 23.3 Å². The van der Waals surface area contributed by atoms with Gasteiger partial charge in [-0.25, -0.2) is 0 Å². The molecule has 2 aliphatic carbocycles. The van der Waals surface area contributed by atoms with E-state index in [0.29, 0.717) is 30.3 Å². The molecule has 5 atom stereocenters. The number of carbonyl (C=O) groups is 1. The molecule has 2 saturated carbocycles. The first-order valence-corrected chi connectivity index (χ1v) is 8.54. The molecule has 0 bridgehead atoms. The Morgan fingerprint density at radius 2 is 2.16 bits per heavy atom. The Labute approximate surface area is 120 Å². The Kier molecular flexibility index (Phi) is 4.96. The van der Waals surface area contributed by atoms with Gasteiger partial charge in [-0.3, -0.25) is 4.79 Å². The van der Waals surface area contributed by atoms with Crippen molar-refractivity contribution in [3.05, 3.63) is 0 Å². The second kappa shape index (κ2) is 6.15. The quantitative estimate of drug-likeness (QED) is 0.706. The van der Waals surface area contributed by atoms with Crippen LogP contribution in [-0.4, -0.2) is 38.7 Å². The van der Waals surface area contributed by atoms with E-state index < -0.39 is 5.60 Å². The smallest absolute Gasteiger partial charge is 0.136 e. The van der Waals surface area contributed by atoms with E-state index in [1.54, 1.807) is 11.8 Å². The summed E-state index contributed by atoms with van der Waals surface area (Å²) in [7, 11) is 0. The molecular formula is C15H26O3S. The highest BCUT2D eigenvalue weighted by atomic mass is 32.2. The monoisotopic (exact) mass is 286 g/mol. The average Bonchev–Trinajstić information content (AvgIpc) is 2.59. The van der Waals surface area contributed by atoms with Crippen LogP contribution in [0.2, 0.25) is 0 Å². The van der Waals surface area contributed by atoms with Crippen LogP contribution in [0.15, 0.2) is 0 Å². The Morgan fingerprint density at radius 1 is 1.42 bits per heavy atom. The number of aliphatic hydroxyl groups excluding tert-OH is 1. The maximum Gasteiger partial charge on any atom is 0.136 e. The van der Waals surface area contributed by atoms with Crippen molar-refractivity contribution in [2.75, 3.05) is 5.75 Å². The lowest BCUT2D eigenvalue weighted by molar-refractivity contribution is -0.132. The van der Waals surface area contributed by atoms with Gasteiger partial charge in [-0.2, -0.15) is 11.8 Å². The molecule has 0 spiro atoms. The van der Waals surface area contributed by atoms with E-state index in [2.05, 4.69) is 6.92 Å². The van der Waals surface area contributed by atoms with Crippen molar-refractivity contribution in [3.8, 4) is 0 Å². The van der Waals surface area contributed by atoms with Crippen molar-refractivity contribution in [2.45, 2.75) is 69.3 Å². The van der Waals surface area contributed by atoms with Crippen LogP contribution in [0, 0.1) is 11.8 Å². The van der Waals surface area contributed by atoms with E-state index >= 15 is 0 Å². The fourth-order valence-corrected chi connectivity index (χ4v) is 4.84. The fraction of sp³-hybridized carbons (Fsp3) is 0.933. The SMILES string of the molecule is CCCCCC(C)(O)CSC1C(O)CC2C(=O)CC21. The highest BCUT2D eigenvalue weighted by Gasteiger charge is 2.53. The summed E-state index contributed by atoms with van der Waals surface area (Å²) in [4.78, 5) is 11.4. The predicted octanol–water partition coefficient (Wildman–Crippen LogP) is 2.39. The van der Waals surface area contributed by atoms with Crippen molar-refractivity contribution < 1.29 is 15.0 Å². The molecule has 2 fully saturated rings. The number of thioether (sulfide) groups is 1. The van der Waals surface area contributed by atoms with Crippen LogP contribution in [0.25, 0.3) is 0 Å². The molecule has 19 heavy (non-hydrogen) atoms. The summed E-state index contributed by atoms with van der Waals surface area (Å²) < 4.78 is 0. The number of hydrogen-bond acceptors (Lipinski definition) is 4. The van der Waals surface area contributed by atoms with Crippen molar-refractivity contribution >= 4 is 17.5 Å². The molecule has 2 rings (SSSR count). The van der Waals surface area contributed by atoms with Crippen LogP contribution >= 0.6 is 11.8 Å². The summed E-state index contributed by atoms with van der Waals surface area (Å²) in [6.45, 7) is 4.05. The third kappa shape index (κ3) is 3.53. The Balaban J connectivity index is 1.77. The topological polar surface area (TPSA) is 57.5 Å². The second-order valence-corrected chi connectivity index (χ2v) is 7.64. The first-order valence-electron chi connectivity index (χ1n) is 7.49. The lowest BCUT2D eigenvalue weighted by Crippen LogP contribution is -2.39. The zero-order valence-corrected chi connectivity index (χ0v) is 12.8.